The number of nitrogens with zero attached hydrogens (tertiary/aromatic N) is 2. The van der Waals surface area contributed by atoms with Gasteiger partial charge in [0, 0.05) is 13.2 Å². The van der Waals surface area contributed by atoms with Gasteiger partial charge in [0.15, 0.2) is 0 Å². The van der Waals surface area contributed by atoms with E-state index < -0.39 is 0 Å². The van der Waals surface area contributed by atoms with Crippen LogP contribution in [0.5, 0.6) is 0 Å². The van der Waals surface area contributed by atoms with Crippen LogP contribution in [0, 0.1) is 0 Å². The molecule has 1 unspecified atom stereocenters. The van der Waals surface area contributed by atoms with Crippen molar-refractivity contribution in [1.29, 1.82) is 0 Å². The summed E-state index contributed by atoms with van der Waals surface area (Å²) in [5.74, 6) is 5.58. The highest BCUT2D eigenvalue weighted by atomic mass is 15.2. The van der Waals surface area contributed by atoms with Gasteiger partial charge in [0.25, 0.3) is 0 Å². The minimum absolute atomic E-state index is 0.130. The average Bonchev–Trinajstić information content (AvgIpc) is 2.73. The summed E-state index contributed by atoms with van der Waals surface area (Å²) in [6, 6.07) is 10.3. The fourth-order valence-corrected chi connectivity index (χ4v) is 1.77. The molecule has 0 amide bonds. The molecule has 0 fully saturated rings. The van der Waals surface area contributed by atoms with Crippen molar-refractivity contribution in [2.75, 3.05) is 0 Å². The van der Waals surface area contributed by atoms with Gasteiger partial charge in [-0.1, -0.05) is 30.3 Å². The summed E-state index contributed by atoms with van der Waals surface area (Å²) in [6.45, 7) is 0. The summed E-state index contributed by atoms with van der Waals surface area (Å²) in [5.41, 5.74) is 5.20. The fourth-order valence-electron chi connectivity index (χ4n) is 1.77. The van der Waals surface area contributed by atoms with Crippen LogP contribution < -0.4 is 11.3 Å². The van der Waals surface area contributed by atoms with Crippen molar-refractivity contribution in [2.24, 2.45) is 12.9 Å². The van der Waals surface area contributed by atoms with Gasteiger partial charge in [-0.3, -0.25) is 16.0 Å². The Labute approximate surface area is 95.1 Å². The van der Waals surface area contributed by atoms with E-state index in [-0.39, 0.29) is 6.04 Å². The molecule has 16 heavy (non-hydrogen) atoms. The molecule has 1 aromatic carbocycles. The van der Waals surface area contributed by atoms with Crippen LogP contribution in [0.15, 0.2) is 42.7 Å². The maximum atomic E-state index is 5.58. The third-order valence-electron chi connectivity index (χ3n) is 2.60. The summed E-state index contributed by atoms with van der Waals surface area (Å²) in [6.07, 6.45) is 4.72. The maximum Gasteiger partial charge on any atom is 0.0522 e. The molecule has 1 aromatic heterocycles. The Morgan fingerprint density at radius 3 is 2.69 bits per heavy atom. The molecule has 1 atom stereocenters. The van der Waals surface area contributed by atoms with E-state index in [2.05, 4.69) is 22.7 Å². The minimum atomic E-state index is 0.130. The number of hydrogen-bond donors (Lipinski definition) is 2. The Kier molecular flexibility index (Phi) is 3.34. The Hall–Kier alpha value is -1.65. The van der Waals surface area contributed by atoms with Gasteiger partial charge in [-0.25, -0.2) is 0 Å². The van der Waals surface area contributed by atoms with Gasteiger partial charge < -0.3 is 0 Å². The monoisotopic (exact) mass is 216 g/mol. The molecule has 3 N–H and O–H groups in total. The number of nitrogens with two attached hydrogens (primary N) is 1. The second-order valence-electron chi connectivity index (χ2n) is 3.86. The Morgan fingerprint density at radius 1 is 1.38 bits per heavy atom. The second-order valence-corrected chi connectivity index (χ2v) is 3.86. The molecule has 2 rings (SSSR count). The first kappa shape index (κ1) is 10.9. The molecule has 84 valence electrons. The van der Waals surface area contributed by atoms with E-state index in [0.717, 1.165) is 6.42 Å². The van der Waals surface area contributed by atoms with E-state index in [4.69, 9.17) is 5.84 Å². The van der Waals surface area contributed by atoms with E-state index in [1.54, 1.807) is 4.68 Å². The fraction of sp³-hybridized carbons (Fsp3) is 0.250. The van der Waals surface area contributed by atoms with Gasteiger partial charge in [-0.2, -0.15) is 5.10 Å². The first-order valence-corrected chi connectivity index (χ1v) is 5.28. The van der Waals surface area contributed by atoms with Crippen molar-refractivity contribution in [1.82, 2.24) is 15.2 Å². The Balaban J connectivity index is 2.12. The topological polar surface area (TPSA) is 55.9 Å². The first-order valence-electron chi connectivity index (χ1n) is 5.28. The number of hydrogen-bond acceptors (Lipinski definition) is 3. The quantitative estimate of drug-likeness (QED) is 0.596. The van der Waals surface area contributed by atoms with Crippen LogP contribution in [0.1, 0.15) is 17.2 Å². The number of nitrogens with one attached hydrogen (secondary N) is 1. The molecular formula is C12H16N4. The van der Waals surface area contributed by atoms with Crippen molar-refractivity contribution in [3.63, 3.8) is 0 Å². The molecular weight excluding hydrogens is 200 g/mol. The zero-order chi connectivity index (χ0) is 11.4. The van der Waals surface area contributed by atoms with Gasteiger partial charge >= 0.3 is 0 Å². The van der Waals surface area contributed by atoms with E-state index >= 15 is 0 Å². The molecule has 4 heteroatoms. The summed E-state index contributed by atoms with van der Waals surface area (Å²) < 4.78 is 1.80. The summed E-state index contributed by atoms with van der Waals surface area (Å²) in [5, 5.41) is 4.15. The lowest BCUT2D eigenvalue weighted by Crippen LogP contribution is -2.29. The SMILES string of the molecule is Cn1cc(CC(NN)c2ccccc2)cn1. The van der Waals surface area contributed by atoms with Gasteiger partial charge in [0.2, 0.25) is 0 Å². The van der Waals surface area contributed by atoms with Crippen molar-refractivity contribution in [2.45, 2.75) is 12.5 Å². The highest BCUT2D eigenvalue weighted by Gasteiger charge is 2.10. The van der Waals surface area contributed by atoms with Crippen molar-refractivity contribution in [3.05, 3.63) is 53.9 Å². The Morgan fingerprint density at radius 2 is 2.12 bits per heavy atom. The van der Waals surface area contributed by atoms with Crippen LogP contribution in [0.2, 0.25) is 0 Å². The van der Waals surface area contributed by atoms with E-state index in [0.29, 0.717) is 0 Å². The van der Waals surface area contributed by atoms with Crippen molar-refractivity contribution in [3.8, 4) is 0 Å². The molecule has 0 spiro atoms. The van der Waals surface area contributed by atoms with Crippen molar-refractivity contribution < 1.29 is 0 Å². The van der Waals surface area contributed by atoms with Gasteiger partial charge in [0.05, 0.1) is 12.2 Å². The number of hydrazine groups is 1. The second kappa shape index (κ2) is 4.92. The average molecular weight is 216 g/mol. The third kappa shape index (κ3) is 2.48. The maximum absolute atomic E-state index is 5.58. The van der Waals surface area contributed by atoms with E-state index in [9.17, 15) is 0 Å². The molecule has 0 aliphatic heterocycles. The molecule has 4 nitrogen and oxygen atoms in total. The normalized spacial score (nSPS) is 12.6. The lowest BCUT2D eigenvalue weighted by Gasteiger charge is -2.15. The van der Waals surface area contributed by atoms with E-state index in [1.165, 1.54) is 11.1 Å². The number of benzene rings is 1. The third-order valence-corrected chi connectivity index (χ3v) is 2.60. The Bertz CT molecular complexity index is 435. The largest absolute Gasteiger partial charge is 0.276 e. The predicted octanol–water partition coefficient (Wildman–Crippen LogP) is 1.17. The first-order chi connectivity index (χ1) is 7.79. The number of aromatic nitrogens is 2. The molecule has 0 saturated carbocycles. The van der Waals surface area contributed by atoms with Crippen LogP contribution in [0.3, 0.4) is 0 Å². The van der Waals surface area contributed by atoms with Crippen molar-refractivity contribution >= 4 is 0 Å². The summed E-state index contributed by atoms with van der Waals surface area (Å²) in [7, 11) is 1.91. The molecule has 0 aliphatic carbocycles. The van der Waals surface area contributed by atoms with Gasteiger partial charge in [0.1, 0.15) is 0 Å². The van der Waals surface area contributed by atoms with Crippen LogP contribution >= 0.6 is 0 Å². The molecule has 0 radical (unpaired) electrons. The standard InChI is InChI=1S/C12H16N4/c1-16-9-10(8-14-16)7-12(15-13)11-5-3-2-4-6-11/h2-6,8-9,12,15H,7,13H2,1H3. The van der Waals surface area contributed by atoms with Gasteiger partial charge in [-0.05, 0) is 17.5 Å². The van der Waals surface area contributed by atoms with Crippen LogP contribution in [0.25, 0.3) is 0 Å². The van der Waals surface area contributed by atoms with Crippen LogP contribution in [-0.2, 0) is 13.5 Å². The smallest absolute Gasteiger partial charge is 0.0522 e. The lowest BCUT2D eigenvalue weighted by molar-refractivity contribution is 0.552. The zero-order valence-electron chi connectivity index (χ0n) is 9.30. The van der Waals surface area contributed by atoms with Crippen LogP contribution in [-0.4, -0.2) is 9.78 Å². The lowest BCUT2D eigenvalue weighted by atomic mass is 10.0. The number of rotatable bonds is 4. The summed E-state index contributed by atoms with van der Waals surface area (Å²) >= 11 is 0. The van der Waals surface area contributed by atoms with Crippen LogP contribution in [0.4, 0.5) is 0 Å². The predicted molar refractivity (Wildman–Crippen MR) is 63.4 cm³/mol. The molecule has 0 bridgehead atoms. The molecule has 2 aromatic rings. The highest BCUT2D eigenvalue weighted by molar-refractivity contribution is 5.21. The number of aryl methyl sites for hydroxylation is 1. The molecule has 0 saturated heterocycles. The zero-order valence-corrected chi connectivity index (χ0v) is 9.30. The van der Waals surface area contributed by atoms with Gasteiger partial charge in [-0.15, -0.1) is 0 Å². The highest BCUT2D eigenvalue weighted by Crippen LogP contribution is 2.16. The molecule has 1 heterocycles. The van der Waals surface area contributed by atoms with E-state index in [1.807, 2.05) is 37.6 Å². The minimum Gasteiger partial charge on any atom is -0.276 e. The summed E-state index contributed by atoms with van der Waals surface area (Å²) in [4.78, 5) is 0. The molecule has 0 aliphatic rings.